The predicted octanol–water partition coefficient (Wildman–Crippen LogP) is 10.3. The molecule has 0 aromatic carbocycles. The smallest absolute Gasteiger partial charge is 0.306 e. The van der Waals surface area contributed by atoms with E-state index in [0.29, 0.717) is 12.8 Å². The highest BCUT2D eigenvalue weighted by atomic mass is 16.5. The highest BCUT2D eigenvalue weighted by Crippen LogP contribution is 2.17. The zero-order valence-electron chi connectivity index (χ0n) is 24.1. The van der Waals surface area contributed by atoms with Crippen LogP contribution in [0.15, 0.2) is 12.2 Å². The third-order valence-electron chi connectivity index (χ3n) is 6.99. The van der Waals surface area contributed by atoms with Gasteiger partial charge in [0, 0.05) is 12.8 Å². The van der Waals surface area contributed by atoms with Crippen molar-refractivity contribution in [3.63, 3.8) is 0 Å². The molecule has 0 aliphatic heterocycles. The van der Waals surface area contributed by atoms with Crippen molar-refractivity contribution in [2.75, 3.05) is 0 Å². The van der Waals surface area contributed by atoms with Gasteiger partial charge in [0.15, 0.2) is 0 Å². The number of carbonyl (C=O) groups excluding carboxylic acids is 1. The predicted molar refractivity (Wildman–Crippen MR) is 153 cm³/mol. The number of allylic oxidation sites excluding steroid dienone is 2. The Balaban J connectivity index is 3.69. The average Bonchev–Trinajstić information content (AvgIpc) is 2.86. The van der Waals surface area contributed by atoms with E-state index in [1.165, 1.54) is 83.5 Å². The standard InChI is InChI=1S/C32H60O4/c1-3-5-7-8-9-10-11-12-13-14-15-19-22-25-29-32(35)36-30(26-6-4-2)27-23-20-17-16-18-21-24-28-31(33)34/h10-11,30H,3-9,12-29H2,1-2H3,(H,33,34)/b11-10-. The van der Waals surface area contributed by atoms with Gasteiger partial charge in [0.2, 0.25) is 0 Å². The van der Waals surface area contributed by atoms with Gasteiger partial charge in [-0.2, -0.15) is 0 Å². The average molecular weight is 509 g/mol. The Morgan fingerprint density at radius 3 is 1.58 bits per heavy atom. The van der Waals surface area contributed by atoms with Crippen molar-refractivity contribution in [2.24, 2.45) is 0 Å². The first kappa shape index (κ1) is 34.7. The quantitative estimate of drug-likeness (QED) is 0.0648. The minimum Gasteiger partial charge on any atom is -0.481 e. The maximum absolute atomic E-state index is 12.3. The fourth-order valence-corrected chi connectivity index (χ4v) is 4.63. The molecule has 0 heterocycles. The molecular weight excluding hydrogens is 448 g/mol. The van der Waals surface area contributed by atoms with E-state index >= 15 is 0 Å². The van der Waals surface area contributed by atoms with Crippen LogP contribution in [0.25, 0.3) is 0 Å². The lowest BCUT2D eigenvalue weighted by molar-refractivity contribution is -0.150. The number of aliphatic carboxylic acids is 1. The van der Waals surface area contributed by atoms with Crippen molar-refractivity contribution >= 4 is 11.9 Å². The molecule has 0 amide bonds. The molecule has 0 aromatic rings. The molecule has 36 heavy (non-hydrogen) atoms. The molecule has 1 atom stereocenters. The molecule has 0 aromatic heterocycles. The Hall–Kier alpha value is -1.32. The number of carboxylic acid groups (broad SMARTS) is 1. The van der Waals surface area contributed by atoms with Gasteiger partial charge >= 0.3 is 11.9 Å². The minimum atomic E-state index is -0.690. The van der Waals surface area contributed by atoms with Gasteiger partial charge in [-0.05, 0) is 57.8 Å². The van der Waals surface area contributed by atoms with E-state index in [1.807, 2.05) is 0 Å². The summed E-state index contributed by atoms with van der Waals surface area (Å²) in [6.07, 6.45) is 32.5. The molecule has 0 rings (SSSR count). The SMILES string of the molecule is CCCCCC/C=C\CCCCCCCCC(=O)OC(CCCC)CCCCCCCCCC(=O)O. The Kier molecular flexibility index (Phi) is 27.2. The second kappa shape index (κ2) is 28.3. The highest BCUT2D eigenvalue weighted by Gasteiger charge is 2.13. The lowest BCUT2D eigenvalue weighted by Gasteiger charge is -2.18. The van der Waals surface area contributed by atoms with Gasteiger partial charge in [-0.3, -0.25) is 9.59 Å². The number of esters is 1. The first-order valence-corrected chi connectivity index (χ1v) is 15.7. The van der Waals surface area contributed by atoms with Crippen LogP contribution in [0.4, 0.5) is 0 Å². The Morgan fingerprint density at radius 1 is 0.583 bits per heavy atom. The monoisotopic (exact) mass is 508 g/mol. The van der Waals surface area contributed by atoms with Crippen LogP contribution in [0.1, 0.15) is 174 Å². The van der Waals surface area contributed by atoms with Gasteiger partial charge in [-0.25, -0.2) is 0 Å². The van der Waals surface area contributed by atoms with Crippen LogP contribution in [0.5, 0.6) is 0 Å². The van der Waals surface area contributed by atoms with E-state index < -0.39 is 5.97 Å². The number of carbonyl (C=O) groups is 2. The van der Waals surface area contributed by atoms with Crippen LogP contribution in [-0.4, -0.2) is 23.1 Å². The molecule has 0 spiro atoms. The van der Waals surface area contributed by atoms with Crippen LogP contribution < -0.4 is 0 Å². The molecule has 0 saturated carbocycles. The largest absolute Gasteiger partial charge is 0.481 e. The normalized spacial score (nSPS) is 12.3. The van der Waals surface area contributed by atoms with Gasteiger partial charge in [-0.1, -0.05) is 116 Å². The third kappa shape index (κ3) is 27.3. The summed E-state index contributed by atoms with van der Waals surface area (Å²) in [6, 6.07) is 0. The summed E-state index contributed by atoms with van der Waals surface area (Å²) in [7, 11) is 0. The van der Waals surface area contributed by atoms with Crippen molar-refractivity contribution in [1.82, 2.24) is 0 Å². The Labute approximate surface area is 224 Å². The van der Waals surface area contributed by atoms with E-state index in [-0.39, 0.29) is 12.1 Å². The van der Waals surface area contributed by atoms with Crippen molar-refractivity contribution in [3.8, 4) is 0 Å². The maximum atomic E-state index is 12.3. The molecule has 1 N–H and O–H groups in total. The van der Waals surface area contributed by atoms with Crippen molar-refractivity contribution < 1.29 is 19.4 Å². The summed E-state index contributed by atoms with van der Waals surface area (Å²) in [6.45, 7) is 4.45. The molecule has 4 heteroatoms. The van der Waals surface area contributed by atoms with Crippen LogP contribution in [0.2, 0.25) is 0 Å². The molecule has 0 aliphatic carbocycles. The van der Waals surface area contributed by atoms with Crippen LogP contribution in [0.3, 0.4) is 0 Å². The fourth-order valence-electron chi connectivity index (χ4n) is 4.63. The molecular formula is C32H60O4. The molecule has 1 unspecified atom stereocenters. The van der Waals surface area contributed by atoms with Gasteiger partial charge in [0.05, 0.1) is 0 Å². The Morgan fingerprint density at radius 2 is 1.03 bits per heavy atom. The van der Waals surface area contributed by atoms with Crippen molar-refractivity contribution in [2.45, 2.75) is 180 Å². The number of carboxylic acids is 1. The molecule has 4 nitrogen and oxygen atoms in total. The first-order chi connectivity index (χ1) is 17.6. The number of rotatable bonds is 28. The maximum Gasteiger partial charge on any atom is 0.306 e. The van der Waals surface area contributed by atoms with E-state index in [0.717, 1.165) is 64.2 Å². The van der Waals surface area contributed by atoms with Gasteiger partial charge in [0.25, 0.3) is 0 Å². The van der Waals surface area contributed by atoms with E-state index in [4.69, 9.17) is 9.84 Å². The third-order valence-corrected chi connectivity index (χ3v) is 6.99. The lowest BCUT2D eigenvalue weighted by Crippen LogP contribution is -2.18. The van der Waals surface area contributed by atoms with Crippen LogP contribution in [-0.2, 0) is 14.3 Å². The first-order valence-electron chi connectivity index (χ1n) is 15.7. The lowest BCUT2D eigenvalue weighted by atomic mass is 10.0. The van der Waals surface area contributed by atoms with Crippen LogP contribution >= 0.6 is 0 Å². The Bertz CT molecular complexity index is 514. The fraction of sp³-hybridized carbons (Fsp3) is 0.875. The number of unbranched alkanes of at least 4 members (excludes halogenated alkanes) is 17. The number of ether oxygens (including phenoxy) is 1. The van der Waals surface area contributed by atoms with Gasteiger partial charge in [0.1, 0.15) is 6.10 Å². The zero-order valence-corrected chi connectivity index (χ0v) is 24.1. The highest BCUT2D eigenvalue weighted by molar-refractivity contribution is 5.69. The summed E-state index contributed by atoms with van der Waals surface area (Å²) in [5.41, 5.74) is 0. The van der Waals surface area contributed by atoms with Crippen LogP contribution in [0, 0.1) is 0 Å². The van der Waals surface area contributed by atoms with E-state index in [9.17, 15) is 9.59 Å². The second-order valence-electron chi connectivity index (χ2n) is 10.6. The summed E-state index contributed by atoms with van der Waals surface area (Å²) in [5, 5.41) is 8.67. The van der Waals surface area contributed by atoms with Gasteiger partial charge in [-0.15, -0.1) is 0 Å². The van der Waals surface area contributed by atoms with E-state index in [2.05, 4.69) is 26.0 Å². The summed E-state index contributed by atoms with van der Waals surface area (Å²) in [5.74, 6) is -0.691. The van der Waals surface area contributed by atoms with Gasteiger partial charge < -0.3 is 9.84 Å². The van der Waals surface area contributed by atoms with Crippen molar-refractivity contribution in [1.29, 1.82) is 0 Å². The van der Waals surface area contributed by atoms with Crippen molar-refractivity contribution in [3.05, 3.63) is 12.2 Å². The number of hydrogen-bond donors (Lipinski definition) is 1. The topological polar surface area (TPSA) is 63.6 Å². The second-order valence-corrected chi connectivity index (χ2v) is 10.6. The summed E-state index contributed by atoms with van der Waals surface area (Å²) < 4.78 is 5.85. The number of hydrogen-bond acceptors (Lipinski definition) is 3. The minimum absolute atomic E-state index is 0.00129. The molecule has 0 radical (unpaired) electrons. The molecule has 212 valence electrons. The zero-order chi connectivity index (χ0) is 26.5. The molecule has 0 saturated heterocycles. The summed E-state index contributed by atoms with van der Waals surface area (Å²) >= 11 is 0. The molecule has 0 fully saturated rings. The summed E-state index contributed by atoms with van der Waals surface area (Å²) in [4.78, 5) is 22.9. The molecule has 0 aliphatic rings. The molecule has 0 bridgehead atoms. The van der Waals surface area contributed by atoms with E-state index in [1.54, 1.807) is 0 Å².